The molecular weight excluding hydrogens is 236 g/mol. The van der Waals surface area contributed by atoms with E-state index in [-0.39, 0.29) is 0 Å². The maximum atomic E-state index is 12.7. The number of carbonyl (C=O) groups excluding carboxylic acids is 1. The fourth-order valence-corrected chi connectivity index (χ4v) is 4.31. The van der Waals surface area contributed by atoms with Crippen LogP contribution < -0.4 is 5.32 Å². The molecule has 3 heteroatoms. The van der Waals surface area contributed by atoms with E-state index in [1.165, 1.54) is 38.5 Å². The molecule has 1 saturated heterocycles. The molecule has 1 N–H and O–H groups in total. The zero-order valence-corrected chi connectivity index (χ0v) is 12.2. The molecule has 0 aromatic heterocycles. The highest BCUT2D eigenvalue weighted by Crippen LogP contribution is 2.58. The van der Waals surface area contributed by atoms with Gasteiger partial charge in [0.1, 0.15) is 0 Å². The minimum Gasteiger partial charge on any atom is -0.341 e. The van der Waals surface area contributed by atoms with Gasteiger partial charge in [-0.1, -0.05) is 19.8 Å². The third-order valence-electron chi connectivity index (χ3n) is 5.35. The molecule has 3 fully saturated rings. The lowest BCUT2D eigenvalue weighted by molar-refractivity contribution is -0.134. The first-order valence-corrected chi connectivity index (χ1v) is 8.33. The molecule has 2 aliphatic carbocycles. The smallest absolute Gasteiger partial charge is 0.226 e. The number of rotatable bonds is 5. The maximum Gasteiger partial charge on any atom is 0.226 e. The topological polar surface area (TPSA) is 32.3 Å². The highest BCUT2D eigenvalue weighted by atomic mass is 16.2. The number of nitrogens with one attached hydrogen (secondary N) is 1. The van der Waals surface area contributed by atoms with Gasteiger partial charge in [-0.15, -0.1) is 0 Å². The van der Waals surface area contributed by atoms with E-state index in [4.69, 9.17) is 0 Å². The standard InChI is InChI=1S/C16H28N2O/c1-2-10-18(11-12-6-3-4-9-17-12)16(19)15-13-7-5-8-14(13)15/h12-15,17H,2-11H2,1H3. The van der Waals surface area contributed by atoms with E-state index in [1.54, 1.807) is 0 Å². The van der Waals surface area contributed by atoms with Gasteiger partial charge >= 0.3 is 0 Å². The van der Waals surface area contributed by atoms with Crippen molar-refractivity contribution in [2.24, 2.45) is 17.8 Å². The first kappa shape index (κ1) is 13.4. The van der Waals surface area contributed by atoms with Crippen molar-refractivity contribution in [2.75, 3.05) is 19.6 Å². The van der Waals surface area contributed by atoms with Gasteiger partial charge in [-0.3, -0.25) is 4.79 Å². The summed E-state index contributed by atoms with van der Waals surface area (Å²) in [4.78, 5) is 14.9. The first-order chi connectivity index (χ1) is 9.31. The summed E-state index contributed by atoms with van der Waals surface area (Å²) in [5, 5.41) is 3.58. The summed E-state index contributed by atoms with van der Waals surface area (Å²) in [6.07, 6.45) is 8.92. The molecule has 2 saturated carbocycles. The normalized spacial score (nSPS) is 36.9. The molecule has 3 nitrogen and oxygen atoms in total. The van der Waals surface area contributed by atoms with Gasteiger partial charge in [0.2, 0.25) is 5.91 Å². The van der Waals surface area contributed by atoms with E-state index >= 15 is 0 Å². The lowest BCUT2D eigenvalue weighted by Gasteiger charge is -2.31. The summed E-state index contributed by atoms with van der Waals surface area (Å²) in [6.45, 7) is 5.21. The zero-order valence-electron chi connectivity index (χ0n) is 12.2. The average Bonchev–Trinajstić information content (AvgIpc) is 2.91. The summed E-state index contributed by atoms with van der Waals surface area (Å²) >= 11 is 0. The number of hydrogen-bond donors (Lipinski definition) is 1. The molecule has 1 amide bonds. The van der Waals surface area contributed by atoms with Crippen molar-refractivity contribution in [3.05, 3.63) is 0 Å². The molecular formula is C16H28N2O. The quantitative estimate of drug-likeness (QED) is 0.827. The molecule has 3 unspecified atom stereocenters. The zero-order chi connectivity index (χ0) is 13.2. The van der Waals surface area contributed by atoms with Gasteiger partial charge in [0, 0.05) is 25.0 Å². The van der Waals surface area contributed by atoms with Gasteiger partial charge in [0.05, 0.1) is 0 Å². The molecule has 0 spiro atoms. The molecule has 3 atom stereocenters. The van der Waals surface area contributed by atoms with Crippen LogP contribution in [0.25, 0.3) is 0 Å². The molecule has 1 heterocycles. The van der Waals surface area contributed by atoms with Gasteiger partial charge in [-0.2, -0.15) is 0 Å². The number of amides is 1. The SMILES string of the molecule is CCCN(CC1CCCCN1)C(=O)C1C2CCCC21. The number of carbonyl (C=O) groups is 1. The largest absolute Gasteiger partial charge is 0.341 e. The Morgan fingerprint density at radius 1 is 1.16 bits per heavy atom. The van der Waals surface area contributed by atoms with Gasteiger partial charge < -0.3 is 10.2 Å². The van der Waals surface area contributed by atoms with Crippen LogP contribution in [0.5, 0.6) is 0 Å². The molecule has 0 aromatic rings. The molecule has 0 radical (unpaired) electrons. The van der Waals surface area contributed by atoms with Crippen molar-refractivity contribution < 1.29 is 4.79 Å². The molecule has 0 bridgehead atoms. The number of hydrogen-bond acceptors (Lipinski definition) is 2. The van der Waals surface area contributed by atoms with Crippen LogP contribution in [0.15, 0.2) is 0 Å². The second kappa shape index (κ2) is 5.82. The fraction of sp³-hybridized carbons (Fsp3) is 0.938. The number of piperidine rings is 1. The Bertz CT molecular complexity index is 315. The van der Waals surface area contributed by atoms with E-state index in [2.05, 4.69) is 17.1 Å². The average molecular weight is 264 g/mol. The highest BCUT2D eigenvalue weighted by molar-refractivity contribution is 5.82. The maximum absolute atomic E-state index is 12.7. The van der Waals surface area contributed by atoms with Gasteiger partial charge in [0.15, 0.2) is 0 Å². The van der Waals surface area contributed by atoms with Gasteiger partial charge in [-0.25, -0.2) is 0 Å². The van der Waals surface area contributed by atoms with Crippen molar-refractivity contribution in [3.63, 3.8) is 0 Å². The van der Waals surface area contributed by atoms with Crippen LogP contribution in [0.4, 0.5) is 0 Å². The Hall–Kier alpha value is -0.570. The molecule has 1 aliphatic heterocycles. The Labute approximate surface area is 117 Å². The van der Waals surface area contributed by atoms with Gasteiger partial charge in [-0.05, 0) is 50.5 Å². The lowest BCUT2D eigenvalue weighted by Crippen LogP contribution is -2.46. The number of nitrogens with zero attached hydrogens (tertiary/aromatic N) is 1. The van der Waals surface area contributed by atoms with Crippen LogP contribution >= 0.6 is 0 Å². The van der Waals surface area contributed by atoms with Crippen LogP contribution in [0.2, 0.25) is 0 Å². The van der Waals surface area contributed by atoms with Gasteiger partial charge in [0.25, 0.3) is 0 Å². The Morgan fingerprint density at radius 2 is 1.95 bits per heavy atom. The minimum atomic E-state index is 0.406. The second-order valence-electron chi connectivity index (χ2n) is 6.72. The Kier molecular flexibility index (Phi) is 4.11. The summed E-state index contributed by atoms with van der Waals surface area (Å²) in [5.74, 6) is 2.39. The monoisotopic (exact) mass is 264 g/mol. The third-order valence-corrected chi connectivity index (χ3v) is 5.35. The molecule has 3 rings (SSSR count). The van der Waals surface area contributed by atoms with E-state index < -0.39 is 0 Å². The second-order valence-corrected chi connectivity index (χ2v) is 6.72. The molecule has 0 aromatic carbocycles. The van der Waals surface area contributed by atoms with Crippen LogP contribution in [-0.4, -0.2) is 36.5 Å². The summed E-state index contributed by atoms with van der Waals surface area (Å²) in [6, 6.07) is 0.544. The predicted octanol–water partition coefficient (Wildman–Crippen LogP) is 2.41. The Balaban J connectivity index is 1.55. The van der Waals surface area contributed by atoms with E-state index in [1.807, 2.05) is 0 Å². The molecule has 19 heavy (non-hydrogen) atoms. The summed E-state index contributed by atoms with van der Waals surface area (Å²) in [7, 11) is 0. The molecule has 3 aliphatic rings. The van der Waals surface area contributed by atoms with Crippen LogP contribution in [0, 0.1) is 17.8 Å². The summed E-state index contributed by atoms with van der Waals surface area (Å²) in [5.41, 5.74) is 0. The third kappa shape index (κ3) is 2.81. The van der Waals surface area contributed by atoms with Crippen LogP contribution in [-0.2, 0) is 4.79 Å². The van der Waals surface area contributed by atoms with Crippen molar-refractivity contribution >= 4 is 5.91 Å². The molecule has 108 valence electrons. The number of fused-ring (bicyclic) bond motifs is 1. The van der Waals surface area contributed by atoms with E-state index in [9.17, 15) is 4.79 Å². The van der Waals surface area contributed by atoms with Crippen molar-refractivity contribution in [1.29, 1.82) is 0 Å². The summed E-state index contributed by atoms with van der Waals surface area (Å²) < 4.78 is 0. The highest BCUT2D eigenvalue weighted by Gasteiger charge is 2.57. The lowest BCUT2D eigenvalue weighted by atomic mass is 10.0. The predicted molar refractivity (Wildman–Crippen MR) is 76.8 cm³/mol. The van der Waals surface area contributed by atoms with E-state index in [0.29, 0.717) is 17.9 Å². The van der Waals surface area contributed by atoms with Crippen molar-refractivity contribution in [2.45, 2.75) is 57.9 Å². The Morgan fingerprint density at radius 3 is 2.58 bits per heavy atom. The first-order valence-electron chi connectivity index (χ1n) is 8.33. The van der Waals surface area contributed by atoms with Crippen LogP contribution in [0.3, 0.4) is 0 Å². The van der Waals surface area contributed by atoms with Crippen LogP contribution in [0.1, 0.15) is 51.9 Å². The van der Waals surface area contributed by atoms with Crippen molar-refractivity contribution in [1.82, 2.24) is 10.2 Å². The van der Waals surface area contributed by atoms with Crippen molar-refractivity contribution in [3.8, 4) is 0 Å². The fourth-order valence-electron chi connectivity index (χ4n) is 4.31. The minimum absolute atomic E-state index is 0.406. The van der Waals surface area contributed by atoms with E-state index in [0.717, 1.165) is 37.9 Å².